The van der Waals surface area contributed by atoms with E-state index in [-0.39, 0.29) is 0 Å². The van der Waals surface area contributed by atoms with E-state index in [2.05, 4.69) is 10.3 Å². The number of anilines is 1. The van der Waals surface area contributed by atoms with E-state index in [1.54, 1.807) is 37.3 Å². The summed E-state index contributed by atoms with van der Waals surface area (Å²) in [7, 11) is 3.03. The number of rotatable bonds is 6. The molecule has 0 saturated heterocycles. The molecule has 0 spiro atoms. The summed E-state index contributed by atoms with van der Waals surface area (Å²) in [6.07, 6.45) is 0. The third kappa shape index (κ3) is 4.20. The number of hydrogen-bond donors (Lipinski definition) is 1. The molecule has 28 heavy (non-hydrogen) atoms. The van der Waals surface area contributed by atoms with Crippen molar-refractivity contribution in [3.8, 4) is 11.5 Å². The van der Waals surface area contributed by atoms with Crippen LogP contribution in [0.1, 0.15) is 16.1 Å². The smallest absolute Gasteiger partial charge is 0.339 e. The molecule has 2 aromatic carbocycles. The lowest BCUT2D eigenvalue weighted by Crippen LogP contribution is -2.21. The molecule has 1 N–H and O–H groups in total. The second-order valence-corrected chi connectivity index (χ2v) is 6.02. The fraction of sp³-hybridized carbons (Fsp3) is 0.190. The Morgan fingerprint density at radius 2 is 1.75 bits per heavy atom. The van der Waals surface area contributed by atoms with E-state index in [1.807, 2.05) is 18.2 Å². The number of carbonyl (C=O) groups is 2. The molecule has 3 rings (SSSR count). The fourth-order valence-electron chi connectivity index (χ4n) is 2.80. The maximum Gasteiger partial charge on any atom is 0.339 e. The molecule has 1 heterocycles. The number of esters is 1. The first-order valence-corrected chi connectivity index (χ1v) is 8.57. The number of nitrogens with zero attached hydrogens (tertiary/aromatic N) is 1. The molecule has 0 radical (unpaired) electrons. The summed E-state index contributed by atoms with van der Waals surface area (Å²) >= 11 is 0. The molecule has 0 bridgehead atoms. The van der Waals surface area contributed by atoms with Crippen LogP contribution < -0.4 is 14.8 Å². The predicted octanol–water partition coefficient (Wildman–Crippen LogP) is 3.36. The van der Waals surface area contributed by atoms with Gasteiger partial charge in [0.15, 0.2) is 18.1 Å². The zero-order valence-electron chi connectivity index (χ0n) is 15.8. The van der Waals surface area contributed by atoms with Gasteiger partial charge in [-0.25, -0.2) is 4.79 Å². The first kappa shape index (κ1) is 19.2. The van der Waals surface area contributed by atoms with Gasteiger partial charge in [-0.2, -0.15) is 0 Å². The average Bonchev–Trinajstić information content (AvgIpc) is 2.71. The third-order valence-corrected chi connectivity index (χ3v) is 4.07. The first-order valence-electron chi connectivity index (χ1n) is 8.57. The minimum absolute atomic E-state index is 0.377. The van der Waals surface area contributed by atoms with Gasteiger partial charge >= 0.3 is 5.97 Å². The molecular formula is C21H20N2O5. The van der Waals surface area contributed by atoms with E-state index < -0.39 is 18.5 Å². The highest BCUT2D eigenvalue weighted by Gasteiger charge is 2.15. The number of aromatic nitrogens is 1. The van der Waals surface area contributed by atoms with Crippen LogP contribution in [-0.2, 0) is 9.53 Å². The Balaban J connectivity index is 1.68. The van der Waals surface area contributed by atoms with Gasteiger partial charge in [-0.3, -0.25) is 9.78 Å². The summed E-state index contributed by atoms with van der Waals surface area (Å²) in [5.41, 5.74) is 2.27. The number of carbonyl (C=O) groups excluding carboxylic acids is 2. The lowest BCUT2D eigenvalue weighted by molar-refractivity contribution is -0.119. The number of hydrogen-bond acceptors (Lipinski definition) is 6. The molecule has 1 amide bonds. The number of fused-ring (bicyclic) bond motifs is 1. The summed E-state index contributed by atoms with van der Waals surface area (Å²) < 4.78 is 15.5. The van der Waals surface area contributed by atoms with Crippen molar-refractivity contribution < 1.29 is 23.8 Å². The van der Waals surface area contributed by atoms with Crippen molar-refractivity contribution in [2.24, 2.45) is 0 Å². The zero-order chi connectivity index (χ0) is 20.1. The van der Waals surface area contributed by atoms with Crippen molar-refractivity contribution >= 4 is 28.5 Å². The number of para-hydroxylation sites is 1. The van der Waals surface area contributed by atoms with Crippen LogP contribution in [0.3, 0.4) is 0 Å². The number of nitrogens with one attached hydrogen (secondary N) is 1. The number of benzene rings is 2. The normalized spacial score (nSPS) is 10.4. The molecular weight excluding hydrogens is 360 g/mol. The van der Waals surface area contributed by atoms with E-state index in [0.717, 1.165) is 0 Å². The maximum atomic E-state index is 12.5. The largest absolute Gasteiger partial charge is 0.493 e. The van der Waals surface area contributed by atoms with Gasteiger partial charge in [0.05, 0.1) is 25.3 Å². The topological polar surface area (TPSA) is 86.8 Å². The van der Waals surface area contributed by atoms with Gasteiger partial charge < -0.3 is 19.5 Å². The molecule has 0 aliphatic heterocycles. The van der Waals surface area contributed by atoms with Crippen LogP contribution in [0.25, 0.3) is 10.9 Å². The van der Waals surface area contributed by atoms with Crippen LogP contribution in [0.5, 0.6) is 11.5 Å². The summed E-state index contributed by atoms with van der Waals surface area (Å²) in [5.74, 6) is -0.0114. The minimum atomic E-state index is -0.579. The molecule has 144 valence electrons. The molecule has 3 aromatic rings. The second-order valence-electron chi connectivity index (χ2n) is 6.02. The van der Waals surface area contributed by atoms with Crippen molar-refractivity contribution in [1.29, 1.82) is 0 Å². The van der Waals surface area contributed by atoms with E-state index in [4.69, 9.17) is 14.2 Å². The molecule has 0 atom stereocenters. The monoisotopic (exact) mass is 380 g/mol. The Labute approximate surface area is 162 Å². The van der Waals surface area contributed by atoms with Gasteiger partial charge in [-0.1, -0.05) is 18.2 Å². The highest BCUT2D eigenvalue weighted by Crippen LogP contribution is 2.29. The van der Waals surface area contributed by atoms with Gasteiger partial charge in [0.2, 0.25) is 0 Å². The zero-order valence-corrected chi connectivity index (χ0v) is 15.8. The summed E-state index contributed by atoms with van der Waals surface area (Å²) in [6.45, 7) is 1.38. The van der Waals surface area contributed by atoms with Crippen LogP contribution in [0.15, 0.2) is 48.5 Å². The Morgan fingerprint density at radius 1 is 1.00 bits per heavy atom. The predicted molar refractivity (Wildman–Crippen MR) is 105 cm³/mol. The summed E-state index contributed by atoms with van der Waals surface area (Å²) in [4.78, 5) is 29.0. The molecule has 0 fully saturated rings. The molecule has 0 aliphatic carbocycles. The van der Waals surface area contributed by atoms with E-state index in [0.29, 0.717) is 39.3 Å². The van der Waals surface area contributed by atoms with Crippen molar-refractivity contribution in [2.45, 2.75) is 6.92 Å². The lowest BCUT2D eigenvalue weighted by atomic mass is 10.1. The van der Waals surface area contributed by atoms with Crippen LogP contribution in [0, 0.1) is 6.92 Å². The Hall–Kier alpha value is -3.61. The third-order valence-electron chi connectivity index (χ3n) is 4.07. The fourth-order valence-corrected chi connectivity index (χ4v) is 2.80. The summed E-state index contributed by atoms with van der Waals surface area (Å²) in [6, 6.07) is 13.9. The molecule has 0 aliphatic rings. The van der Waals surface area contributed by atoms with Crippen LogP contribution in [0.2, 0.25) is 0 Å². The lowest BCUT2D eigenvalue weighted by Gasteiger charge is -2.11. The van der Waals surface area contributed by atoms with Crippen molar-refractivity contribution in [3.63, 3.8) is 0 Å². The summed E-state index contributed by atoms with van der Waals surface area (Å²) in [5, 5.41) is 3.34. The van der Waals surface area contributed by atoms with Crippen molar-refractivity contribution in [2.75, 3.05) is 26.1 Å². The van der Waals surface area contributed by atoms with Crippen molar-refractivity contribution in [1.82, 2.24) is 4.98 Å². The molecule has 7 heteroatoms. The molecule has 0 saturated carbocycles. The van der Waals surface area contributed by atoms with Gasteiger partial charge in [-0.15, -0.1) is 0 Å². The SMILES string of the molecule is COc1ccc(NC(=O)COC(=O)c2cc(C)nc3ccccc23)cc1OC. The Morgan fingerprint density at radius 3 is 2.50 bits per heavy atom. The minimum Gasteiger partial charge on any atom is -0.493 e. The number of amides is 1. The van der Waals surface area contributed by atoms with E-state index in [1.165, 1.54) is 14.2 Å². The molecule has 7 nitrogen and oxygen atoms in total. The van der Waals surface area contributed by atoms with Gasteiger partial charge in [0.25, 0.3) is 5.91 Å². The van der Waals surface area contributed by atoms with Crippen molar-refractivity contribution in [3.05, 3.63) is 59.8 Å². The number of aryl methyl sites for hydroxylation is 1. The number of methoxy groups -OCH3 is 2. The van der Waals surface area contributed by atoms with Crippen LogP contribution >= 0.6 is 0 Å². The van der Waals surface area contributed by atoms with Gasteiger partial charge in [-0.05, 0) is 31.2 Å². The van der Waals surface area contributed by atoms with E-state index in [9.17, 15) is 9.59 Å². The molecule has 0 unspecified atom stereocenters. The Kier molecular flexibility index (Phi) is 5.74. The Bertz CT molecular complexity index is 1030. The quantitative estimate of drug-likeness (QED) is 0.660. The van der Waals surface area contributed by atoms with Gasteiger partial charge in [0, 0.05) is 22.8 Å². The first-order chi connectivity index (χ1) is 13.5. The highest BCUT2D eigenvalue weighted by molar-refractivity contribution is 6.04. The van der Waals surface area contributed by atoms with Gasteiger partial charge in [0.1, 0.15) is 0 Å². The second kappa shape index (κ2) is 8.39. The van der Waals surface area contributed by atoms with Crippen LogP contribution in [0.4, 0.5) is 5.69 Å². The number of pyridine rings is 1. The maximum absolute atomic E-state index is 12.5. The highest BCUT2D eigenvalue weighted by atomic mass is 16.5. The van der Waals surface area contributed by atoms with E-state index >= 15 is 0 Å². The molecule has 1 aromatic heterocycles. The standard InChI is InChI=1S/C21H20N2O5/c1-13-10-16(15-6-4-5-7-17(15)22-13)21(25)28-12-20(24)23-14-8-9-18(26-2)19(11-14)27-3/h4-11H,12H2,1-3H3,(H,23,24). The van der Waals surface area contributed by atoms with Crippen LogP contribution in [-0.4, -0.2) is 37.7 Å². The number of ether oxygens (including phenoxy) is 3. The average molecular weight is 380 g/mol.